The van der Waals surface area contributed by atoms with Gasteiger partial charge in [-0.25, -0.2) is 8.42 Å². The van der Waals surface area contributed by atoms with Gasteiger partial charge in [0, 0.05) is 23.1 Å². The Balaban J connectivity index is 1.52. The van der Waals surface area contributed by atoms with E-state index < -0.39 is 22.5 Å². The fraction of sp³-hybridized carbons (Fsp3) is 0.111. The predicted octanol–water partition coefficient (Wildman–Crippen LogP) is 5.17. The largest absolute Gasteiger partial charge is 0.497 e. The molecule has 0 bridgehead atoms. The first kappa shape index (κ1) is 25.2. The van der Waals surface area contributed by atoms with E-state index in [-0.39, 0.29) is 4.90 Å². The van der Waals surface area contributed by atoms with Crippen LogP contribution in [0.2, 0.25) is 5.02 Å². The third-order valence-electron chi connectivity index (χ3n) is 5.44. The quantitative estimate of drug-likeness (QED) is 0.328. The molecule has 1 N–H and O–H groups in total. The number of carbonyl (C=O) groups excluding carboxylic acids is 1. The van der Waals surface area contributed by atoms with Crippen molar-refractivity contribution in [1.82, 2.24) is 4.98 Å². The maximum Gasteiger partial charge on any atom is 0.264 e. The van der Waals surface area contributed by atoms with Gasteiger partial charge in [-0.3, -0.25) is 14.1 Å². The van der Waals surface area contributed by atoms with Gasteiger partial charge in [0.05, 0.1) is 17.7 Å². The molecule has 1 heterocycles. The molecule has 0 saturated carbocycles. The average Bonchev–Trinajstić information content (AvgIpc) is 2.89. The summed E-state index contributed by atoms with van der Waals surface area (Å²) in [6, 6.07) is 23.6. The lowest BCUT2D eigenvalue weighted by Crippen LogP contribution is -2.38. The molecule has 1 amide bonds. The van der Waals surface area contributed by atoms with Crippen molar-refractivity contribution in [3.05, 3.63) is 113 Å². The second kappa shape index (κ2) is 11.2. The second-order valence-corrected chi connectivity index (χ2v) is 10.2. The number of hydrogen-bond acceptors (Lipinski definition) is 5. The highest BCUT2D eigenvalue weighted by molar-refractivity contribution is 7.92. The Kier molecular flexibility index (Phi) is 7.87. The SMILES string of the molecule is COc1ccc(S(=O)(=O)N(CC(=O)Nc2ccc(Cc3ccncc3)cc2)c2ccc(Cl)cc2)cc1. The van der Waals surface area contributed by atoms with E-state index in [4.69, 9.17) is 16.3 Å². The van der Waals surface area contributed by atoms with E-state index in [1.807, 2.05) is 24.3 Å². The first-order valence-electron chi connectivity index (χ1n) is 11.1. The number of aromatic nitrogens is 1. The minimum atomic E-state index is -4.05. The van der Waals surface area contributed by atoms with Gasteiger partial charge in [0.1, 0.15) is 12.3 Å². The van der Waals surface area contributed by atoms with Crippen molar-refractivity contribution in [2.45, 2.75) is 11.3 Å². The number of ether oxygens (including phenoxy) is 1. The van der Waals surface area contributed by atoms with Crippen molar-refractivity contribution < 1.29 is 17.9 Å². The highest BCUT2D eigenvalue weighted by atomic mass is 35.5. The molecule has 4 rings (SSSR count). The van der Waals surface area contributed by atoms with Crippen LogP contribution in [0.5, 0.6) is 5.75 Å². The molecule has 7 nitrogen and oxygen atoms in total. The molecule has 184 valence electrons. The van der Waals surface area contributed by atoms with Gasteiger partial charge in [-0.2, -0.15) is 0 Å². The third-order valence-corrected chi connectivity index (χ3v) is 7.48. The summed E-state index contributed by atoms with van der Waals surface area (Å²) >= 11 is 5.99. The van der Waals surface area contributed by atoms with Gasteiger partial charge in [0.2, 0.25) is 5.91 Å². The Labute approximate surface area is 215 Å². The molecule has 0 aliphatic rings. The van der Waals surface area contributed by atoms with Crippen molar-refractivity contribution in [2.75, 3.05) is 23.3 Å². The number of nitrogens with one attached hydrogen (secondary N) is 1. The second-order valence-electron chi connectivity index (χ2n) is 7.94. The maximum atomic E-state index is 13.5. The van der Waals surface area contributed by atoms with Crippen LogP contribution in [0.25, 0.3) is 0 Å². The molecule has 9 heteroatoms. The summed E-state index contributed by atoms with van der Waals surface area (Å²) in [5.41, 5.74) is 3.09. The van der Waals surface area contributed by atoms with Crippen molar-refractivity contribution in [2.24, 2.45) is 0 Å². The molecule has 36 heavy (non-hydrogen) atoms. The number of pyridine rings is 1. The van der Waals surface area contributed by atoms with E-state index in [0.717, 1.165) is 21.9 Å². The molecular weight excluding hydrogens is 498 g/mol. The highest BCUT2D eigenvalue weighted by Gasteiger charge is 2.27. The number of sulfonamides is 1. The van der Waals surface area contributed by atoms with Crippen LogP contribution < -0.4 is 14.4 Å². The molecule has 0 spiro atoms. The van der Waals surface area contributed by atoms with Crippen LogP contribution in [-0.2, 0) is 21.2 Å². The van der Waals surface area contributed by atoms with Crippen LogP contribution in [-0.4, -0.2) is 33.0 Å². The van der Waals surface area contributed by atoms with E-state index in [9.17, 15) is 13.2 Å². The van der Waals surface area contributed by atoms with Crippen LogP contribution in [0.3, 0.4) is 0 Å². The van der Waals surface area contributed by atoms with E-state index in [2.05, 4.69) is 10.3 Å². The monoisotopic (exact) mass is 521 g/mol. The normalized spacial score (nSPS) is 11.1. The van der Waals surface area contributed by atoms with Crippen LogP contribution in [0, 0.1) is 0 Å². The minimum absolute atomic E-state index is 0.0338. The first-order chi connectivity index (χ1) is 17.3. The van der Waals surface area contributed by atoms with Crippen LogP contribution in [0.1, 0.15) is 11.1 Å². The lowest BCUT2D eigenvalue weighted by atomic mass is 10.1. The Morgan fingerprint density at radius 2 is 1.50 bits per heavy atom. The smallest absolute Gasteiger partial charge is 0.264 e. The summed E-state index contributed by atoms with van der Waals surface area (Å²) in [6.45, 7) is -0.422. The van der Waals surface area contributed by atoms with Gasteiger partial charge in [0.25, 0.3) is 10.0 Å². The van der Waals surface area contributed by atoms with E-state index in [1.165, 1.54) is 19.2 Å². The number of amides is 1. The molecule has 0 aliphatic carbocycles. The zero-order valence-electron chi connectivity index (χ0n) is 19.5. The topological polar surface area (TPSA) is 88.6 Å². The zero-order valence-corrected chi connectivity index (χ0v) is 21.0. The lowest BCUT2D eigenvalue weighted by Gasteiger charge is -2.24. The van der Waals surface area contributed by atoms with Gasteiger partial charge in [-0.05, 0) is 90.3 Å². The average molecular weight is 522 g/mol. The molecule has 4 aromatic rings. The standard InChI is InChI=1S/C27H24ClN3O4S/c1-35-25-10-12-26(13-11-25)36(33,34)31(24-8-4-22(28)5-9-24)19-27(32)30-23-6-2-20(3-7-23)18-21-14-16-29-17-15-21/h2-17H,18-19H2,1H3,(H,30,32). The Morgan fingerprint density at radius 1 is 0.889 bits per heavy atom. The van der Waals surface area contributed by atoms with E-state index >= 15 is 0 Å². The summed E-state index contributed by atoms with van der Waals surface area (Å²) in [4.78, 5) is 17.0. The number of halogens is 1. The molecule has 0 fully saturated rings. The number of nitrogens with zero attached hydrogens (tertiary/aromatic N) is 2. The lowest BCUT2D eigenvalue weighted by molar-refractivity contribution is -0.114. The Hall–Kier alpha value is -3.88. The summed E-state index contributed by atoms with van der Waals surface area (Å²) in [5, 5.41) is 3.24. The van der Waals surface area contributed by atoms with E-state index in [1.54, 1.807) is 60.9 Å². The van der Waals surface area contributed by atoms with Crippen molar-refractivity contribution >= 4 is 38.9 Å². The van der Waals surface area contributed by atoms with Gasteiger partial charge < -0.3 is 10.1 Å². The van der Waals surface area contributed by atoms with E-state index in [0.29, 0.717) is 22.1 Å². The zero-order chi connectivity index (χ0) is 25.5. The number of rotatable bonds is 9. The number of anilines is 2. The van der Waals surface area contributed by atoms with Gasteiger partial charge in [-0.15, -0.1) is 0 Å². The molecule has 3 aromatic carbocycles. The van der Waals surface area contributed by atoms with Crippen molar-refractivity contribution in [1.29, 1.82) is 0 Å². The van der Waals surface area contributed by atoms with Crippen molar-refractivity contribution in [3.8, 4) is 5.75 Å². The Morgan fingerprint density at radius 3 is 2.11 bits per heavy atom. The summed E-state index contributed by atoms with van der Waals surface area (Å²) in [7, 11) is -2.55. The van der Waals surface area contributed by atoms with Crippen LogP contribution in [0.4, 0.5) is 11.4 Å². The molecule has 0 radical (unpaired) electrons. The predicted molar refractivity (Wildman–Crippen MR) is 141 cm³/mol. The molecule has 0 unspecified atom stereocenters. The first-order valence-corrected chi connectivity index (χ1v) is 12.9. The fourth-order valence-corrected chi connectivity index (χ4v) is 5.12. The molecule has 0 aliphatic heterocycles. The summed E-state index contributed by atoms with van der Waals surface area (Å²) in [5.74, 6) is 0.0426. The minimum Gasteiger partial charge on any atom is -0.497 e. The highest BCUT2D eigenvalue weighted by Crippen LogP contribution is 2.26. The van der Waals surface area contributed by atoms with Crippen LogP contribution >= 0.6 is 11.6 Å². The molecule has 0 atom stereocenters. The third kappa shape index (κ3) is 6.21. The van der Waals surface area contributed by atoms with Crippen molar-refractivity contribution in [3.63, 3.8) is 0 Å². The fourth-order valence-electron chi connectivity index (χ4n) is 3.57. The maximum absolute atomic E-state index is 13.5. The Bertz CT molecular complexity index is 1410. The number of benzene rings is 3. The number of methoxy groups -OCH3 is 1. The van der Waals surface area contributed by atoms with Gasteiger partial charge >= 0.3 is 0 Å². The van der Waals surface area contributed by atoms with Crippen LogP contribution in [0.15, 0.2) is 102 Å². The number of hydrogen-bond donors (Lipinski definition) is 1. The number of carbonyl (C=O) groups is 1. The van der Waals surface area contributed by atoms with Gasteiger partial charge in [0.15, 0.2) is 0 Å². The van der Waals surface area contributed by atoms with Gasteiger partial charge in [-0.1, -0.05) is 23.7 Å². The summed E-state index contributed by atoms with van der Waals surface area (Å²) < 4.78 is 33.2. The molecule has 0 saturated heterocycles. The molecular formula is C27H24ClN3O4S. The summed E-state index contributed by atoms with van der Waals surface area (Å²) in [6.07, 6.45) is 4.23. The molecule has 1 aromatic heterocycles.